The maximum absolute atomic E-state index is 13.0. The average molecular weight is 402 g/mol. The van der Waals surface area contributed by atoms with Gasteiger partial charge in [-0.25, -0.2) is 4.90 Å². The van der Waals surface area contributed by atoms with Crippen molar-refractivity contribution < 1.29 is 23.9 Å². The van der Waals surface area contributed by atoms with Crippen LogP contribution in [0.1, 0.15) is 31.1 Å². The average Bonchev–Trinajstić information content (AvgIpc) is 3.03. The van der Waals surface area contributed by atoms with Crippen LogP contribution >= 0.6 is 0 Å². The summed E-state index contributed by atoms with van der Waals surface area (Å²) in [6, 6.07) is 18.2. The molecule has 3 aromatic carbocycles. The minimum atomic E-state index is -0.504. The summed E-state index contributed by atoms with van der Waals surface area (Å²) in [4.78, 5) is 39.6. The smallest absolute Gasteiger partial charge is 0.266 e. The number of hydrogen-bond acceptors (Lipinski definition) is 5. The van der Waals surface area contributed by atoms with E-state index in [2.05, 4.69) is 5.32 Å². The first-order valence-electron chi connectivity index (χ1n) is 9.14. The Morgan fingerprint density at radius 3 is 2.37 bits per heavy atom. The molecule has 150 valence electrons. The number of fused-ring (bicyclic) bond motifs is 1. The second-order valence-electron chi connectivity index (χ2n) is 6.56. The molecule has 0 fully saturated rings. The molecule has 0 saturated heterocycles. The topological polar surface area (TPSA) is 84.9 Å². The molecule has 0 bridgehead atoms. The minimum Gasteiger partial charge on any atom is -0.497 e. The van der Waals surface area contributed by atoms with Crippen LogP contribution in [-0.2, 0) is 0 Å². The molecule has 1 N–H and O–H groups in total. The number of hydrogen-bond donors (Lipinski definition) is 1. The van der Waals surface area contributed by atoms with E-state index in [0.29, 0.717) is 22.9 Å². The number of carbonyl (C=O) groups excluding carboxylic acids is 3. The Balaban J connectivity index is 1.64. The minimum absolute atomic E-state index is 0.171. The Morgan fingerprint density at radius 2 is 1.60 bits per heavy atom. The number of nitrogens with one attached hydrogen (secondary N) is 1. The Kier molecular flexibility index (Phi) is 4.93. The van der Waals surface area contributed by atoms with Gasteiger partial charge in [-0.05, 0) is 42.5 Å². The molecule has 7 heteroatoms. The van der Waals surface area contributed by atoms with E-state index >= 15 is 0 Å². The Morgan fingerprint density at radius 1 is 0.833 bits per heavy atom. The molecule has 1 aliphatic rings. The van der Waals surface area contributed by atoms with Gasteiger partial charge in [-0.3, -0.25) is 14.4 Å². The fourth-order valence-corrected chi connectivity index (χ4v) is 3.32. The van der Waals surface area contributed by atoms with Crippen LogP contribution in [0.3, 0.4) is 0 Å². The van der Waals surface area contributed by atoms with Crippen LogP contribution in [0.25, 0.3) is 0 Å². The molecule has 7 nitrogen and oxygen atoms in total. The lowest BCUT2D eigenvalue weighted by molar-refractivity contribution is 0.0924. The highest BCUT2D eigenvalue weighted by Crippen LogP contribution is 2.35. The van der Waals surface area contributed by atoms with Crippen LogP contribution in [0.2, 0.25) is 0 Å². The Hall–Kier alpha value is -4.13. The van der Waals surface area contributed by atoms with Crippen LogP contribution in [0.4, 0.5) is 11.4 Å². The van der Waals surface area contributed by atoms with Crippen molar-refractivity contribution in [1.29, 1.82) is 0 Å². The van der Waals surface area contributed by atoms with Gasteiger partial charge in [0.2, 0.25) is 0 Å². The standard InChI is InChI=1S/C23H18N2O5/c1-29-16-7-5-6-15(13-16)24-21(26)14-10-11-17-18(12-14)23(28)25(22(17)27)19-8-3-4-9-20(19)30-2/h3-13H,1-2H3,(H,24,26). The van der Waals surface area contributed by atoms with E-state index in [0.717, 1.165) is 4.90 Å². The highest BCUT2D eigenvalue weighted by atomic mass is 16.5. The van der Waals surface area contributed by atoms with Gasteiger partial charge < -0.3 is 14.8 Å². The predicted octanol–water partition coefficient (Wildman–Crippen LogP) is 3.76. The molecule has 0 spiro atoms. The molecule has 3 aromatic rings. The molecule has 1 heterocycles. The third-order valence-electron chi connectivity index (χ3n) is 4.80. The van der Waals surface area contributed by atoms with Crippen molar-refractivity contribution in [3.63, 3.8) is 0 Å². The van der Waals surface area contributed by atoms with E-state index in [1.54, 1.807) is 48.5 Å². The molecule has 0 aliphatic carbocycles. The number of rotatable bonds is 5. The molecule has 30 heavy (non-hydrogen) atoms. The Labute approximate surface area is 172 Å². The number of amides is 3. The highest BCUT2D eigenvalue weighted by molar-refractivity contribution is 6.35. The summed E-state index contributed by atoms with van der Waals surface area (Å²) in [6.45, 7) is 0. The third kappa shape index (κ3) is 3.26. The molecule has 0 aromatic heterocycles. The summed E-state index contributed by atoms with van der Waals surface area (Å²) in [7, 11) is 3.01. The molecule has 1 aliphatic heterocycles. The van der Waals surface area contributed by atoms with Crippen LogP contribution in [0.15, 0.2) is 66.7 Å². The zero-order valence-corrected chi connectivity index (χ0v) is 16.3. The van der Waals surface area contributed by atoms with Gasteiger partial charge in [0.15, 0.2) is 0 Å². The van der Waals surface area contributed by atoms with E-state index in [9.17, 15) is 14.4 Å². The van der Waals surface area contributed by atoms with Gasteiger partial charge in [0, 0.05) is 17.3 Å². The maximum Gasteiger partial charge on any atom is 0.266 e. The summed E-state index contributed by atoms with van der Waals surface area (Å²) in [5.74, 6) is -0.352. The summed E-state index contributed by atoms with van der Waals surface area (Å²) in [5.41, 5.74) is 1.58. The van der Waals surface area contributed by atoms with Crippen molar-refractivity contribution >= 4 is 29.1 Å². The second kappa shape index (κ2) is 7.71. The number of carbonyl (C=O) groups is 3. The first-order chi connectivity index (χ1) is 14.5. The fourth-order valence-electron chi connectivity index (χ4n) is 3.32. The number of para-hydroxylation sites is 2. The summed E-state index contributed by atoms with van der Waals surface area (Å²) < 4.78 is 10.4. The molecule has 0 atom stereocenters. The number of benzene rings is 3. The lowest BCUT2D eigenvalue weighted by Gasteiger charge is -2.16. The normalized spacial score (nSPS) is 12.5. The van der Waals surface area contributed by atoms with E-state index in [4.69, 9.17) is 9.47 Å². The number of methoxy groups -OCH3 is 2. The van der Waals surface area contributed by atoms with Gasteiger partial charge in [0.1, 0.15) is 11.5 Å². The number of anilines is 2. The van der Waals surface area contributed by atoms with Crippen molar-refractivity contribution in [1.82, 2.24) is 0 Å². The van der Waals surface area contributed by atoms with Crippen molar-refractivity contribution in [2.24, 2.45) is 0 Å². The van der Waals surface area contributed by atoms with Crippen molar-refractivity contribution in [2.75, 3.05) is 24.4 Å². The second-order valence-corrected chi connectivity index (χ2v) is 6.56. The Bertz CT molecular complexity index is 1170. The number of ether oxygens (including phenoxy) is 2. The summed E-state index contributed by atoms with van der Waals surface area (Å²) in [6.07, 6.45) is 0. The van der Waals surface area contributed by atoms with E-state index < -0.39 is 17.7 Å². The quantitative estimate of drug-likeness (QED) is 0.657. The van der Waals surface area contributed by atoms with Gasteiger partial charge in [0.05, 0.1) is 31.0 Å². The summed E-state index contributed by atoms with van der Waals surface area (Å²) in [5, 5.41) is 2.76. The largest absolute Gasteiger partial charge is 0.497 e. The fraction of sp³-hybridized carbons (Fsp3) is 0.0870. The molecule has 3 amide bonds. The van der Waals surface area contributed by atoms with Crippen LogP contribution in [0.5, 0.6) is 11.5 Å². The summed E-state index contributed by atoms with van der Waals surface area (Å²) >= 11 is 0. The molecular formula is C23H18N2O5. The van der Waals surface area contributed by atoms with Crippen LogP contribution in [-0.4, -0.2) is 31.9 Å². The van der Waals surface area contributed by atoms with E-state index in [-0.39, 0.29) is 16.7 Å². The highest BCUT2D eigenvalue weighted by Gasteiger charge is 2.38. The molecule has 0 radical (unpaired) electrons. The first kappa shape index (κ1) is 19.2. The monoisotopic (exact) mass is 402 g/mol. The van der Waals surface area contributed by atoms with Gasteiger partial charge in [-0.15, -0.1) is 0 Å². The zero-order chi connectivity index (χ0) is 21.3. The molecule has 4 rings (SSSR count). The van der Waals surface area contributed by atoms with Crippen LogP contribution < -0.4 is 19.7 Å². The number of nitrogens with zero attached hydrogens (tertiary/aromatic N) is 1. The van der Waals surface area contributed by atoms with Gasteiger partial charge in [-0.2, -0.15) is 0 Å². The SMILES string of the molecule is COc1cccc(NC(=O)c2ccc3c(c2)C(=O)N(c2ccccc2OC)C3=O)c1. The molecule has 0 unspecified atom stereocenters. The van der Waals surface area contributed by atoms with E-state index in [1.165, 1.54) is 32.4 Å². The lowest BCUT2D eigenvalue weighted by atomic mass is 10.1. The predicted molar refractivity (Wildman–Crippen MR) is 112 cm³/mol. The van der Waals surface area contributed by atoms with Gasteiger partial charge in [0.25, 0.3) is 17.7 Å². The van der Waals surface area contributed by atoms with E-state index in [1.807, 2.05) is 0 Å². The van der Waals surface area contributed by atoms with Gasteiger partial charge >= 0.3 is 0 Å². The molecular weight excluding hydrogens is 384 g/mol. The lowest BCUT2D eigenvalue weighted by Crippen LogP contribution is -2.29. The van der Waals surface area contributed by atoms with Crippen LogP contribution in [0, 0.1) is 0 Å². The molecule has 0 saturated carbocycles. The third-order valence-corrected chi connectivity index (χ3v) is 4.80. The zero-order valence-electron chi connectivity index (χ0n) is 16.3. The number of imide groups is 1. The van der Waals surface area contributed by atoms with Crippen molar-refractivity contribution in [3.8, 4) is 11.5 Å². The van der Waals surface area contributed by atoms with Gasteiger partial charge in [-0.1, -0.05) is 18.2 Å². The van der Waals surface area contributed by atoms with Crippen molar-refractivity contribution in [2.45, 2.75) is 0 Å². The van der Waals surface area contributed by atoms with Crippen molar-refractivity contribution in [3.05, 3.63) is 83.4 Å². The first-order valence-corrected chi connectivity index (χ1v) is 9.14. The maximum atomic E-state index is 13.0.